The number of hydrogen-bond donors (Lipinski definition) is 1. The van der Waals surface area contributed by atoms with Crippen LogP contribution in [0, 0.1) is 0 Å². The molecule has 102 valence electrons. The number of rotatable bonds is 9. The molecule has 1 rings (SSSR count). The first-order valence-corrected chi connectivity index (χ1v) is 6.90. The van der Waals surface area contributed by atoms with Crippen molar-refractivity contribution in [3.8, 4) is 0 Å². The fraction of sp³-hybridized carbons (Fsp3) is 1.00. The lowest BCUT2D eigenvalue weighted by Crippen LogP contribution is -2.52. The summed E-state index contributed by atoms with van der Waals surface area (Å²) in [4.78, 5) is 2.57. The summed E-state index contributed by atoms with van der Waals surface area (Å²) in [6.07, 6.45) is 3.55. The molecule has 0 amide bonds. The Morgan fingerprint density at radius 2 is 2.18 bits per heavy atom. The Labute approximate surface area is 106 Å². The minimum atomic E-state index is 0.705. The summed E-state index contributed by atoms with van der Waals surface area (Å²) in [5.41, 5.74) is 0. The van der Waals surface area contributed by atoms with Gasteiger partial charge in [-0.2, -0.15) is 0 Å². The quantitative estimate of drug-likeness (QED) is 0.616. The highest BCUT2D eigenvalue weighted by atomic mass is 16.5. The summed E-state index contributed by atoms with van der Waals surface area (Å²) < 4.78 is 10.6. The van der Waals surface area contributed by atoms with E-state index in [-0.39, 0.29) is 0 Å². The minimum Gasteiger partial charge on any atom is -0.385 e. The molecule has 0 aromatic rings. The third-order valence-corrected chi connectivity index (χ3v) is 3.25. The molecule has 1 aliphatic rings. The van der Waals surface area contributed by atoms with Gasteiger partial charge in [-0.15, -0.1) is 0 Å². The van der Waals surface area contributed by atoms with Crippen LogP contribution in [-0.2, 0) is 9.47 Å². The van der Waals surface area contributed by atoms with Crippen LogP contribution in [0.3, 0.4) is 0 Å². The smallest absolute Gasteiger partial charge is 0.0593 e. The zero-order chi connectivity index (χ0) is 12.3. The predicted octanol–water partition coefficient (Wildman–Crippen LogP) is 1.11. The van der Waals surface area contributed by atoms with Gasteiger partial charge >= 0.3 is 0 Å². The van der Waals surface area contributed by atoms with Gasteiger partial charge in [0.15, 0.2) is 0 Å². The summed E-state index contributed by atoms with van der Waals surface area (Å²) in [6, 6.07) is 0.705. The molecule has 4 heteroatoms. The van der Waals surface area contributed by atoms with Crippen LogP contribution < -0.4 is 5.32 Å². The molecule has 0 aromatic carbocycles. The second-order valence-electron chi connectivity index (χ2n) is 4.64. The standard InChI is InChI=1S/C13H28N2O2/c1-3-5-13-12-14-6-7-15(13)8-11-17-10-4-9-16-2/h13-14H,3-12H2,1-2H3. The SMILES string of the molecule is CCCC1CNCCN1CCOCCCOC. The number of nitrogens with one attached hydrogen (secondary N) is 1. The van der Waals surface area contributed by atoms with E-state index in [9.17, 15) is 0 Å². The van der Waals surface area contributed by atoms with Gasteiger partial charge in [-0.1, -0.05) is 13.3 Å². The number of hydrogen-bond acceptors (Lipinski definition) is 4. The van der Waals surface area contributed by atoms with Crippen molar-refractivity contribution in [2.75, 3.05) is 53.1 Å². The second kappa shape index (κ2) is 9.83. The van der Waals surface area contributed by atoms with E-state index in [1.165, 1.54) is 12.8 Å². The Morgan fingerprint density at radius 3 is 2.94 bits per heavy atom. The van der Waals surface area contributed by atoms with E-state index in [4.69, 9.17) is 9.47 Å². The molecule has 1 N–H and O–H groups in total. The maximum absolute atomic E-state index is 5.62. The highest BCUT2D eigenvalue weighted by molar-refractivity contribution is 4.79. The molecule has 17 heavy (non-hydrogen) atoms. The minimum absolute atomic E-state index is 0.705. The fourth-order valence-corrected chi connectivity index (χ4v) is 2.30. The molecule has 4 nitrogen and oxygen atoms in total. The molecule has 0 aromatic heterocycles. The van der Waals surface area contributed by atoms with Crippen molar-refractivity contribution in [3.63, 3.8) is 0 Å². The van der Waals surface area contributed by atoms with Crippen LogP contribution in [0.4, 0.5) is 0 Å². The predicted molar refractivity (Wildman–Crippen MR) is 70.5 cm³/mol. The van der Waals surface area contributed by atoms with Crippen molar-refractivity contribution in [3.05, 3.63) is 0 Å². The van der Waals surface area contributed by atoms with Crippen LogP contribution in [0.15, 0.2) is 0 Å². The molecule has 1 atom stereocenters. The van der Waals surface area contributed by atoms with Crippen molar-refractivity contribution < 1.29 is 9.47 Å². The van der Waals surface area contributed by atoms with Crippen LogP contribution in [0.2, 0.25) is 0 Å². The van der Waals surface area contributed by atoms with E-state index < -0.39 is 0 Å². The van der Waals surface area contributed by atoms with Gasteiger partial charge in [-0.3, -0.25) is 4.90 Å². The van der Waals surface area contributed by atoms with Gasteiger partial charge in [0.1, 0.15) is 0 Å². The largest absolute Gasteiger partial charge is 0.385 e. The molecule has 1 saturated heterocycles. The van der Waals surface area contributed by atoms with E-state index in [0.717, 1.165) is 52.4 Å². The van der Waals surface area contributed by atoms with Crippen molar-refractivity contribution in [2.24, 2.45) is 0 Å². The third kappa shape index (κ3) is 6.36. The van der Waals surface area contributed by atoms with Gasteiger partial charge in [0, 0.05) is 52.5 Å². The average molecular weight is 244 g/mol. The summed E-state index contributed by atoms with van der Waals surface area (Å²) in [6.45, 7) is 9.20. The lowest BCUT2D eigenvalue weighted by molar-refractivity contribution is 0.0630. The Kier molecular flexibility index (Phi) is 8.61. The summed E-state index contributed by atoms with van der Waals surface area (Å²) in [7, 11) is 1.73. The van der Waals surface area contributed by atoms with Crippen LogP contribution in [0.5, 0.6) is 0 Å². The van der Waals surface area contributed by atoms with E-state index in [2.05, 4.69) is 17.1 Å². The first-order chi connectivity index (χ1) is 8.38. The van der Waals surface area contributed by atoms with Gasteiger partial charge in [0.05, 0.1) is 6.61 Å². The monoisotopic (exact) mass is 244 g/mol. The van der Waals surface area contributed by atoms with E-state index in [1.54, 1.807) is 7.11 Å². The Balaban J connectivity index is 2.06. The van der Waals surface area contributed by atoms with E-state index in [0.29, 0.717) is 6.04 Å². The fourth-order valence-electron chi connectivity index (χ4n) is 2.30. The molecule has 1 unspecified atom stereocenters. The highest BCUT2D eigenvalue weighted by Gasteiger charge is 2.20. The molecule has 0 spiro atoms. The Bertz CT molecular complexity index is 177. The van der Waals surface area contributed by atoms with Gasteiger partial charge in [0.25, 0.3) is 0 Å². The summed E-state index contributed by atoms with van der Waals surface area (Å²) >= 11 is 0. The van der Waals surface area contributed by atoms with Crippen molar-refractivity contribution in [2.45, 2.75) is 32.2 Å². The van der Waals surface area contributed by atoms with Crippen molar-refractivity contribution in [1.82, 2.24) is 10.2 Å². The summed E-state index contributed by atoms with van der Waals surface area (Å²) in [5, 5.41) is 3.47. The number of methoxy groups -OCH3 is 1. The average Bonchev–Trinajstić information content (AvgIpc) is 2.36. The molecular formula is C13H28N2O2. The van der Waals surface area contributed by atoms with E-state index >= 15 is 0 Å². The molecule has 0 radical (unpaired) electrons. The maximum atomic E-state index is 5.62. The van der Waals surface area contributed by atoms with Crippen molar-refractivity contribution >= 4 is 0 Å². The molecule has 0 saturated carbocycles. The molecule has 1 heterocycles. The van der Waals surface area contributed by atoms with Crippen LogP contribution in [-0.4, -0.2) is 64.1 Å². The maximum Gasteiger partial charge on any atom is 0.0593 e. The van der Waals surface area contributed by atoms with Gasteiger partial charge in [-0.05, 0) is 12.8 Å². The van der Waals surface area contributed by atoms with Crippen LogP contribution >= 0.6 is 0 Å². The topological polar surface area (TPSA) is 33.7 Å². The zero-order valence-electron chi connectivity index (χ0n) is 11.4. The van der Waals surface area contributed by atoms with Crippen LogP contribution in [0.25, 0.3) is 0 Å². The first kappa shape index (κ1) is 14.9. The zero-order valence-corrected chi connectivity index (χ0v) is 11.4. The number of nitrogens with zero attached hydrogens (tertiary/aromatic N) is 1. The van der Waals surface area contributed by atoms with Gasteiger partial charge in [0.2, 0.25) is 0 Å². The lowest BCUT2D eigenvalue weighted by atomic mass is 10.1. The Morgan fingerprint density at radius 1 is 1.29 bits per heavy atom. The lowest BCUT2D eigenvalue weighted by Gasteiger charge is -2.36. The molecular weight excluding hydrogens is 216 g/mol. The highest BCUT2D eigenvalue weighted by Crippen LogP contribution is 2.08. The number of ether oxygens (including phenoxy) is 2. The third-order valence-electron chi connectivity index (χ3n) is 3.25. The molecule has 0 aliphatic carbocycles. The normalized spacial score (nSPS) is 21.9. The molecule has 0 bridgehead atoms. The number of piperazine rings is 1. The first-order valence-electron chi connectivity index (χ1n) is 6.90. The molecule has 1 aliphatic heterocycles. The van der Waals surface area contributed by atoms with Gasteiger partial charge in [-0.25, -0.2) is 0 Å². The van der Waals surface area contributed by atoms with E-state index in [1.807, 2.05) is 0 Å². The van der Waals surface area contributed by atoms with Crippen molar-refractivity contribution in [1.29, 1.82) is 0 Å². The van der Waals surface area contributed by atoms with Gasteiger partial charge < -0.3 is 14.8 Å². The summed E-state index contributed by atoms with van der Waals surface area (Å²) in [5.74, 6) is 0. The second-order valence-corrected chi connectivity index (χ2v) is 4.64. The molecule has 1 fully saturated rings. The Hall–Kier alpha value is -0.160. The van der Waals surface area contributed by atoms with Crippen LogP contribution in [0.1, 0.15) is 26.2 Å².